The van der Waals surface area contributed by atoms with Gasteiger partial charge >= 0.3 is 0 Å². The highest BCUT2D eigenvalue weighted by Gasteiger charge is 2.38. The number of hydrogen-bond acceptors (Lipinski definition) is 4. The Balaban J connectivity index is 1.70. The van der Waals surface area contributed by atoms with Crippen molar-refractivity contribution in [1.29, 1.82) is 0 Å². The molecule has 2 aromatic rings. The molecule has 130 valence electrons. The average Bonchev–Trinajstić information content (AvgIpc) is 2.81. The van der Waals surface area contributed by atoms with Crippen molar-refractivity contribution in [1.82, 2.24) is 0 Å². The Kier molecular flexibility index (Phi) is 4.88. The monoisotopic (exact) mass is 335 g/mol. The Bertz CT molecular complexity index is 791. The number of azo groups is 1. The lowest BCUT2D eigenvalue weighted by Gasteiger charge is -2.22. The summed E-state index contributed by atoms with van der Waals surface area (Å²) in [5.74, 6) is 0.886. The maximum absolute atomic E-state index is 5.45. The molecule has 4 nitrogen and oxygen atoms in total. The van der Waals surface area contributed by atoms with E-state index in [4.69, 9.17) is 4.74 Å². The lowest BCUT2D eigenvalue weighted by Crippen LogP contribution is -2.22. The lowest BCUT2D eigenvalue weighted by molar-refractivity contribution is 0.340. The molecule has 25 heavy (non-hydrogen) atoms. The molecule has 0 aromatic heterocycles. The molecule has 0 amide bonds. The van der Waals surface area contributed by atoms with Gasteiger partial charge in [0.25, 0.3) is 0 Å². The zero-order valence-corrected chi connectivity index (χ0v) is 15.4. The number of allylic oxidation sites excluding steroid dienone is 1. The van der Waals surface area contributed by atoms with Crippen molar-refractivity contribution in [3.8, 4) is 5.75 Å². The standard InChI is InChI=1S/C21H25N3O/c1-5-25-17-12-10-16(11-13-17)14-22-23-15-20-21(2,3)18-8-6-7-9-19(18)24(20)4/h6-13,15H,5,14H2,1-4H3. The van der Waals surface area contributed by atoms with Gasteiger partial charge in [-0.2, -0.15) is 10.2 Å². The van der Waals surface area contributed by atoms with Crippen LogP contribution in [0, 0.1) is 0 Å². The summed E-state index contributed by atoms with van der Waals surface area (Å²) in [5, 5.41) is 8.65. The van der Waals surface area contributed by atoms with Crippen molar-refractivity contribution in [3.05, 3.63) is 71.6 Å². The molecule has 1 aliphatic heterocycles. The van der Waals surface area contributed by atoms with Crippen molar-refractivity contribution < 1.29 is 4.74 Å². The van der Waals surface area contributed by atoms with Gasteiger partial charge in [0.2, 0.25) is 0 Å². The largest absolute Gasteiger partial charge is 0.494 e. The first-order valence-electron chi connectivity index (χ1n) is 8.66. The summed E-state index contributed by atoms with van der Waals surface area (Å²) in [5.41, 5.74) is 4.77. The van der Waals surface area contributed by atoms with E-state index in [-0.39, 0.29) is 5.41 Å². The number of fused-ring (bicyclic) bond motifs is 1. The van der Waals surface area contributed by atoms with Gasteiger partial charge in [-0.25, -0.2) is 0 Å². The van der Waals surface area contributed by atoms with Gasteiger partial charge in [-0.05, 0) is 36.2 Å². The van der Waals surface area contributed by atoms with Crippen LogP contribution in [0.3, 0.4) is 0 Å². The van der Waals surface area contributed by atoms with Gasteiger partial charge in [-0.1, -0.05) is 44.2 Å². The van der Waals surface area contributed by atoms with E-state index in [1.807, 2.05) is 37.4 Å². The molecular weight excluding hydrogens is 310 g/mol. The maximum Gasteiger partial charge on any atom is 0.119 e. The van der Waals surface area contributed by atoms with Gasteiger partial charge in [0, 0.05) is 23.8 Å². The molecule has 4 heteroatoms. The molecule has 0 fully saturated rings. The molecule has 0 radical (unpaired) electrons. The number of para-hydroxylation sites is 1. The van der Waals surface area contributed by atoms with Gasteiger partial charge in [0.1, 0.15) is 5.75 Å². The van der Waals surface area contributed by atoms with Crippen molar-refractivity contribution in [2.24, 2.45) is 10.2 Å². The van der Waals surface area contributed by atoms with Crippen LogP contribution in [0.25, 0.3) is 0 Å². The highest BCUT2D eigenvalue weighted by atomic mass is 16.5. The number of ether oxygens (including phenoxy) is 1. The van der Waals surface area contributed by atoms with Crippen LogP contribution in [0.1, 0.15) is 31.9 Å². The van der Waals surface area contributed by atoms with E-state index >= 15 is 0 Å². The Labute approximate surface area is 149 Å². The second kappa shape index (κ2) is 7.09. The van der Waals surface area contributed by atoms with Crippen LogP contribution in [0.4, 0.5) is 5.69 Å². The van der Waals surface area contributed by atoms with Crippen LogP contribution < -0.4 is 9.64 Å². The number of nitrogens with zero attached hydrogens (tertiary/aromatic N) is 3. The summed E-state index contributed by atoms with van der Waals surface area (Å²) in [4.78, 5) is 2.20. The van der Waals surface area contributed by atoms with Crippen molar-refractivity contribution in [2.45, 2.75) is 32.7 Å². The SMILES string of the molecule is CCOc1ccc(CN=NC=C2N(C)c3ccccc3C2(C)C)cc1. The van der Waals surface area contributed by atoms with Crippen LogP contribution in [-0.4, -0.2) is 13.7 Å². The molecule has 0 saturated carbocycles. The minimum absolute atomic E-state index is 0.0660. The lowest BCUT2D eigenvalue weighted by atomic mass is 9.84. The molecule has 0 unspecified atom stereocenters. The van der Waals surface area contributed by atoms with Gasteiger partial charge < -0.3 is 9.64 Å². The third kappa shape index (κ3) is 3.43. The molecule has 3 rings (SSSR count). The minimum atomic E-state index is -0.0660. The van der Waals surface area contributed by atoms with Crippen molar-refractivity contribution >= 4 is 5.69 Å². The topological polar surface area (TPSA) is 37.2 Å². The first-order chi connectivity index (χ1) is 12.0. The molecular formula is C21H25N3O. The predicted molar refractivity (Wildman–Crippen MR) is 102 cm³/mol. The van der Waals surface area contributed by atoms with Gasteiger partial charge in [-0.15, -0.1) is 0 Å². The molecule has 0 aliphatic carbocycles. The number of likely N-dealkylation sites (N-methyl/N-ethyl adjacent to an activating group) is 1. The minimum Gasteiger partial charge on any atom is -0.494 e. The summed E-state index contributed by atoms with van der Waals surface area (Å²) in [6.45, 7) is 7.67. The predicted octanol–water partition coefficient (Wildman–Crippen LogP) is 5.31. The molecule has 0 atom stereocenters. The number of benzene rings is 2. The summed E-state index contributed by atoms with van der Waals surface area (Å²) < 4.78 is 5.45. The fourth-order valence-corrected chi connectivity index (χ4v) is 3.31. The number of hydrogen-bond donors (Lipinski definition) is 0. The summed E-state index contributed by atoms with van der Waals surface area (Å²) >= 11 is 0. The smallest absolute Gasteiger partial charge is 0.119 e. The zero-order valence-electron chi connectivity index (χ0n) is 15.4. The van der Waals surface area contributed by atoms with Crippen molar-refractivity contribution in [2.75, 3.05) is 18.6 Å². The van der Waals surface area contributed by atoms with Gasteiger partial charge in [0.15, 0.2) is 0 Å². The second-order valence-corrected chi connectivity index (χ2v) is 6.71. The zero-order chi connectivity index (χ0) is 17.9. The van der Waals surface area contributed by atoms with Crippen LogP contribution in [-0.2, 0) is 12.0 Å². The van der Waals surface area contributed by atoms with Crippen LogP contribution in [0.5, 0.6) is 5.75 Å². The molecule has 0 saturated heterocycles. The quantitative estimate of drug-likeness (QED) is 0.695. The first kappa shape index (κ1) is 17.2. The van der Waals surface area contributed by atoms with Gasteiger partial charge in [-0.3, -0.25) is 0 Å². The summed E-state index contributed by atoms with van der Waals surface area (Å²) in [7, 11) is 2.08. The van der Waals surface area contributed by atoms with Gasteiger partial charge in [0.05, 0.1) is 19.4 Å². The fourth-order valence-electron chi connectivity index (χ4n) is 3.31. The average molecular weight is 335 g/mol. The summed E-state index contributed by atoms with van der Waals surface area (Å²) in [6.07, 6.45) is 1.88. The van der Waals surface area contributed by atoms with E-state index < -0.39 is 0 Å². The molecule has 2 aromatic carbocycles. The Hall–Kier alpha value is -2.62. The van der Waals surface area contributed by atoms with Crippen LogP contribution in [0.2, 0.25) is 0 Å². The van der Waals surface area contributed by atoms with E-state index in [2.05, 4.69) is 60.3 Å². The Morgan fingerprint density at radius 1 is 1.08 bits per heavy atom. The highest BCUT2D eigenvalue weighted by molar-refractivity contribution is 5.69. The summed E-state index contributed by atoms with van der Waals surface area (Å²) in [6, 6.07) is 16.5. The maximum atomic E-state index is 5.45. The molecule has 0 spiro atoms. The van der Waals surface area contributed by atoms with Crippen molar-refractivity contribution in [3.63, 3.8) is 0 Å². The molecule has 1 heterocycles. The molecule has 0 N–H and O–H groups in total. The van der Waals surface area contributed by atoms with E-state index in [1.165, 1.54) is 11.3 Å². The second-order valence-electron chi connectivity index (χ2n) is 6.71. The third-order valence-electron chi connectivity index (χ3n) is 4.69. The number of anilines is 1. The third-order valence-corrected chi connectivity index (χ3v) is 4.69. The van der Waals surface area contributed by atoms with E-state index in [9.17, 15) is 0 Å². The Morgan fingerprint density at radius 3 is 2.48 bits per heavy atom. The number of rotatable bonds is 5. The highest BCUT2D eigenvalue weighted by Crippen LogP contribution is 2.46. The van der Waals surface area contributed by atoms with Crippen LogP contribution in [0.15, 0.2) is 70.7 Å². The first-order valence-corrected chi connectivity index (χ1v) is 8.66. The molecule has 0 bridgehead atoms. The van der Waals surface area contributed by atoms with E-state index in [1.54, 1.807) is 0 Å². The normalized spacial score (nSPS) is 17.3. The van der Waals surface area contributed by atoms with Crippen LogP contribution >= 0.6 is 0 Å². The fraction of sp³-hybridized carbons (Fsp3) is 0.333. The van der Waals surface area contributed by atoms with E-state index in [0.29, 0.717) is 13.2 Å². The molecule has 1 aliphatic rings. The van der Waals surface area contributed by atoms with E-state index in [0.717, 1.165) is 17.0 Å². The Morgan fingerprint density at radius 2 is 1.80 bits per heavy atom.